The second kappa shape index (κ2) is 5.27. The highest BCUT2D eigenvalue weighted by atomic mass is 27.2. The largest absolute Gasteiger partial charge is 0.498 e. The third kappa shape index (κ3) is 3.48. The van der Waals surface area contributed by atoms with Crippen LogP contribution in [0.5, 0.6) is 0 Å². The first-order valence-corrected chi connectivity index (χ1v) is 7.48. The lowest BCUT2D eigenvalue weighted by atomic mass is 10.0. The molecule has 0 N–H and O–H groups in total. The fourth-order valence-corrected chi connectivity index (χ4v) is 4.20. The molecule has 1 atom stereocenters. The fraction of sp³-hybridized carbons (Fsp3) is 1.00. The van der Waals surface area contributed by atoms with E-state index in [4.69, 9.17) is 3.79 Å². The van der Waals surface area contributed by atoms with E-state index in [9.17, 15) is 0 Å². The predicted octanol–water partition coefficient (Wildman–Crippen LogP) is 3.22. The molecule has 1 saturated heterocycles. The van der Waals surface area contributed by atoms with Gasteiger partial charge in [-0.3, -0.25) is 0 Å². The highest BCUT2D eigenvalue weighted by Crippen LogP contribution is 2.23. The van der Waals surface area contributed by atoms with E-state index in [1.807, 2.05) is 0 Å². The van der Waals surface area contributed by atoms with Gasteiger partial charge in [-0.05, 0) is 18.8 Å². The molecular formula is C10H21AlO. The summed E-state index contributed by atoms with van der Waals surface area (Å²) in [5.74, 6) is 0.805. The summed E-state index contributed by atoms with van der Waals surface area (Å²) in [5.41, 5.74) is 0. The van der Waals surface area contributed by atoms with Gasteiger partial charge in [-0.25, -0.2) is 0 Å². The lowest BCUT2D eigenvalue weighted by Crippen LogP contribution is -2.30. The first-order chi connectivity index (χ1) is 5.72. The highest BCUT2D eigenvalue weighted by molar-refractivity contribution is 6.51. The van der Waals surface area contributed by atoms with Crippen LogP contribution in [0.3, 0.4) is 0 Å². The van der Waals surface area contributed by atoms with Gasteiger partial charge < -0.3 is 3.79 Å². The van der Waals surface area contributed by atoms with Crippen molar-refractivity contribution in [2.24, 2.45) is 5.92 Å². The second-order valence-electron chi connectivity index (χ2n) is 4.35. The molecule has 0 aromatic heterocycles. The van der Waals surface area contributed by atoms with Crippen molar-refractivity contribution in [2.45, 2.75) is 56.7 Å². The maximum Gasteiger partial charge on any atom is 0.460 e. The van der Waals surface area contributed by atoms with E-state index < -0.39 is 14.5 Å². The summed E-state index contributed by atoms with van der Waals surface area (Å²) in [6.45, 7) is 6.87. The van der Waals surface area contributed by atoms with Crippen molar-refractivity contribution >= 4 is 14.5 Å². The van der Waals surface area contributed by atoms with Gasteiger partial charge >= 0.3 is 14.5 Å². The Morgan fingerprint density at radius 2 is 2.25 bits per heavy atom. The van der Waals surface area contributed by atoms with Crippen molar-refractivity contribution in [3.8, 4) is 0 Å². The molecule has 70 valence electrons. The van der Waals surface area contributed by atoms with Gasteiger partial charge in [0.15, 0.2) is 0 Å². The molecule has 0 bridgehead atoms. The Bertz CT molecular complexity index is 125. The van der Waals surface area contributed by atoms with Gasteiger partial charge in [0.1, 0.15) is 0 Å². The fourth-order valence-electron chi connectivity index (χ4n) is 1.98. The zero-order chi connectivity index (χ0) is 8.97. The van der Waals surface area contributed by atoms with E-state index in [1.54, 1.807) is 0 Å². The number of hydrogen-bond donors (Lipinski definition) is 0. The smallest absolute Gasteiger partial charge is 0.460 e. The van der Waals surface area contributed by atoms with Crippen molar-refractivity contribution in [1.82, 2.24) is 0 Å². The van der Waals surface area contributed by atoms with Gasteiger partial charge in [0.25, 0.3) is 0 Å². The first-order valence-electron chi connectivity index (χ1n) is 5.37. The van der Waals surface area contributed by atoms with Crippen LogP contribution in [-0.4, -0.2) is 20.6 Å². The van der Waals surface area contributed by atoms with Crippen molar-refractivity contribution in [1.29, 1.82) is 0 Å². The van der Waals surface area contributed by atoms with Crippen LogP contribution in [0, 0.1) is 5.92 Å². The van der Waals surface area contributed by atoms with E-state index in [0.717, 1.165) is 5.92 Å². The van der Waals surface area contributed by atoms with E-state index in [1.165, 1.54) is 29.8 Å². The zero-order valence-electron chi connectivity index (χ0n) is 8.68. The Labute approximate surface area is 81.2 Å². The molecule has 0 amide bonds. The number of hydrogen-bond acceptors (Lipinski definition) is 1. The van der Waals surface area contributed by atoms with Crippen LogP contribution in [0.1, 0.15) is 40.0 Å². The standard InChI is InChI=1S/C8H16O.C2H5.Al/c1-4-5-8(9)6-7(2)3;1-2;/h7-8H,1,4-6H2,2-3H3;1H2,2H3;/q-1;;+1. The SMILES string of the molecule is C[CH2][Al]1[CH2]CCC(CC(C)C)[O]1. The minimum Gasteiger partial charge on any atom is -0.498 e. The second-order valence-corrected chi connectivity index (χ2v) is 7.26. The van der Waals surface area contributed by atoms with E-state index in [-0.39, 0.29) is 0 Å². The van der Waals surface area contributed by atoms with Gasteiger partial charge in [-0.15, -0.1) is 0 Å². The third-order valence-electron chi connectivity index (χ3n) is 2.63. The molecule has 2 heteroatoms. The maximum absolute atomic E-state index is 6.09. The lowest BCUT2D eigenvalue weighted by Gasteiger charge is -2.28. The molecule has 1 aliphatic heterocycles. The summed E-state index contributed by atoms with van der Waals surface area (Å²) in [6, 6.07) is 0. The van der Waals surface area contributed by atoms with Crippen LogP contribution in [0.15, 0.2) is 0 Å². The van der Waals surface area contributed by atoms with Crippen LogP contribution in [0.25, 0.3) is 0 Å². The Morgan fingerprint density at radius 3 is 2.83 bits per heavy atom. The molecular weight excluding hydrogens is 163 g/mol. The third-order valence-corrected chi connectivity index (χ3v) is 5.36. The molecule has 1 unspecified atom stereocenters. The van der Waals surface area contributed by atoms with Crippen LogP contribution >= 0.6 is 0 Å². The van der Waals surface area contributed by atoms with Gasteiger partial charge in [0.05, 0.1) is 0 Å². The van der Waals surface area contributed by atoms with Crippen molar-refractivity contribution in [3.05, 3.63) is 0 Å². The Morgan fingerprint density at radius 1 is 1.50 bits per heavy atom. The van der Waals surface area contributed by atoms with E-state index in [2.05, 4.69) is 20.8 Å². The summed E-state index contributed by atoms with van der Waals surface area (Å²) in [6.07, 6.45) is 4.66. The van der Waals surface area contributed by atoms with E-state index in [0.29, 0.717) is 6.10 Å². The molecule has 1 heterocycles. The molecule has 1 rings (SSSR count). The zero-order valence-corrected chi connectivity index (χ0v) is 9.83. The highest BCUT2D eigenvalue weighted by Gasteiger charge is 2.27. The van der Waals surface area contributed by atoms with Gasteiger partial charge in [-0.2, -0.15) is 0 Å². The average molecular weight is 184 g/mol. The molecule has 0 saturated carbocycles. The van der Waals surface area contributed by atoms with Crippen LogP contribution < -0.4 is 0 Å². The Kier molecular flexibility index (Phi) is 4.64. The summed E-state index contributed by atoms with van der Waals surface area (Å²) in [7, 11) is 0. The van der Waals surface area contributed by atoms with Gasteiger partial charge in [0.2, 0.25) is 0 Å². The first kappa shape index (κ1) is 10.6. The summed E-state index contributed by atoms with van der Waals surface area (Å²) < 4.78 is 6.09. The molecule has 0 radical (unpaired) electrons. The molecule has 0 aromatic rings. The van der Waals surface area contributed by atoms with Crippen LogP contribution in [-0.2, 0) is 3.79 Å². The molecule has 1 fully saturated rings. The lowest BCUT2D eigenvalue weighted by molar-refractivity contribution is 0.145. The predicted molar refractivity (Wildman–Crippen MR) is 54.6 cm³/mol. The monoisotopic (exact) mass is 184 g/mol. The normalized spacial score (nSPS) is 25.0. The van der Waals surface area contributed by atoms with Crippen LogP contribution in [0.4, 0.5) is 0 Å². The molecule has 0 aliphatic carbocycles. The molecule has 0 aromatic carbocycles. The van der Waals surface area contributed by atoms with Crippen molar-refractivity contribution in [3.63, 3.8) is 0 Å². The van der Waals surface area contributed by atoms with E-state index >= 15 is 0 Å². The van der Waals surface area contributed by atoms with Crippen molar-refractivity contribution in [2.75, 3.05) is 0 Å². The Hall–Kier alpha value is 0.492. The maximum atomic E-state index is 6.09. The minimum atomic E-state index is -0.722. The van der Waals surface area contributed by atoms with Gasteiger partial charge in [-0.1, -0.05) is 37.8 Å². The molecule has 1 nitrogen and oxygen atoms in total. The topological polar surface area (TPSA) is 9.23 Å². The summed E-state index contributed by atoms with van der Waals surface area (Å²) in [4.78, 5) is 0. The average Bonchev–Trinajstić information content (AvgIpc) is 2.03. The van der Waals surface area contributed by atoms with Crippen molar-refractivity contribution < 1.29 is 3.79 Å². The molecule has 0 spiro atoms. The molecule has 12 heavy (non-hydrogen) atoms. The minimum absolute atomic E-state index is 0.621. The van der Waals surface area contributed by atoms with Crippen LogP contribution in [0.2, 0.25) is 10.6 Å². The quantitative estimate of drug-likeness (QED) is 0.612. The summed E-state index contributed by atoms with van der Waals surface area (Å²) >= 11 is -0.722. The molecule has 1 aliphatic rings. The summed E-state index contributed by atoms with van der Waals surface area (Å²) in [5, 5.41) is 2.75. The van der Waals surface area contributed by atoms with Gasteiger partial charge in [0, 0.05) is 6.10 Å². The number of rotatable bonds is 3. The Balaban J connectivity index is 2.25.